The minimum atomic E-state index is -0.291. The highest BCUT2D eigenvalue weighted by molar-refractivity contribution is 5.31. The fourth-order valence-electron chi connectivity index (χ4n) is 2.35. The summed E-state index contributed by atoms with van der Waals surface area (Å²) in [5, 5.41) is 9.27. The molecule has 0 amide bonds. The molecule has 0 saturated carbocycles. The Labute approximate surface area is 137 Å². The molecule has 1 atom stereocenters. The van der Waals surface area contributed by atoms with Gasteiger partial charge in [-0.1, -0.05) is 45.0 Å². The number of ether oxygens (including phenoxy) is 1. The van der Waals surface area contributed by atoms with Gasteiger partial charge in [-0.15, -0.1) is 0 Å². The molecule has 2 aromatic carbocycles. The summed E-state index contributed by atoms with van der Waals surface area (Å²) in [6.07, 6.45) is 0.573. The van der Waals surface area contributed by atoms with E-state index in [0.29, 0.717) is 13.0 Å². The van der Waals surface area contributed by atoms with Crippen LogP contribution in [-0.2, 0) is 5.41 Å². The molecule has 0 saturated heterocycles. The van der Waals surface area contributed by atoms with Crippen LogP contribution in [0, 0.1) is 17.1 Å². The maximum absolute atomic E-state index is 12.9. The number of rotatable bonds is 5. The second-order valence-electron chi connectivity index (χ2n) is 6.64. The van der Waals surface area contributed by atoms with Crippen molar-refractivity contribution in [2.45, 2.75) is 38.5 Å². The first kappa shape index (κ1) is 17.0. The average molecular weight is 311 g/mol. The summed E-state index contributed by atoms with van der Waals surface area (Å²) >= 11 is 0. The molecule has 0 aliphatic carbocycles. The van der Waals surface area contributed by atoms with E-state index in [1.807, 2.05) is 12.1 Å². The van der Waals surface area contributed by atoms with E-state index in [4.69, 9.17) is 4.74 Å². The Morgan fingerprint density at radius 2 is 1.65 bits per heavy atom. The van der Waals surface area contributed by atoms with E-state index >= 15 is 0 Å². The van der Waals surface area contributed by atoms with Gasteiger partial charge in [0, 0.05) is 6.42 Å². The van der Waals surface area contributed by atoms with Crippen LogP contribution >= 0.6 is 0 Å². The van der Waals surface area contributed by atoms with Crippen LogP contribution in [0.5, 0.6) is 5.75 Å². The van der Waals surface area contributed by atoms with Crippen molar-refractivity contribution in [2.24, 2.45) is 0 Å². The van der Waals surface area contributed by atoms with Crippen LogP contribution in [-0.4, -0.2) is 6.61 Å². The first-order valence-electron chi connectivity index (χ1n) is 7.78. The zero-order valence-corrected chi connectivity index (χ0v) is 13.8. The molecule has 0 fully saturated rings. The Bertz CT molecular complexity index is 663. The topological polar surface area (TPSA) is 33.0 Å². The van der Waals surface area contributed by atoms with Crippen molar-refractivity contribution in [1.82, 2.24) is 0 Å². The highest BCUT2D eigenvalue weighted by atomic mass is 19.1. The van der Waals surface area contributed by atoms with Gasteiger partial charge in [0.15, 0.2) is 0 Å². The molecule has 3 heteroatoms. The number of nitriles is 1. The second-order valence-corrected chi connectivity index (χ2v) is 6.64. The van der Waals surface area contributed by atoms with Crippen molar-refractivity contribution >= 4 is 0 Å². The molecule has 0 heterocycles. The van der Waals surface area contributed by atoms with Crippen molar-refractivity contribution in [1.29, 1.82) is 5.26 Å². The van der Waals surface area contributed by atoms with Gasteiger partial charge in [-0.2, -0.15) is 5.26 Å². The molecular formula is C20H22FNO. The minimum absolute atomic E-state index is 0.118. The third-order valence-electron chi connectivity index (χ3n) is 3.82. The van der Waals surface area contributed by atoms with E-state index < -0.39 is 0 Å². The Morgan fingerprint density at radius 3 is 2.17 bits per heavy atom. The van der Waals surface area contributed by atoms with E-state index in [0.717, 1.165) is 11.3 Å². The zero-order valence-electron chi connectivity index (χ0n) is 13.8. The lowest BCUT2D eigenvalue weighted by Gasteiger charge is -2.19. The molecule has 1 unspecified atom stereocenters. The molecule has 0 spiro atoms. The summed E-state index contributed by atoms with van der Waals surface area (Å²) in [5.74, 6) is 0.221. The first-order valence-corrected chi connectivity index (χ1v) is 7.78. The van der Waals surface area contributed by atoms with Crippen molar-refractivity contribution in [2.75, 3.05) is 6.61 Å². The molecule has 0 N–H and O–H groups in total. The third kappa shape index (κ3) is 4.82. The van der Waals surface area contributed by atoms with Crippen LogP contribution in [0.3, 0.4) is 0 Å². The third-order valence-corrected chi connectivity index (χ3v) is 3.82. The average Bonchev–Trinajstić information content (AvgIpc) is 2.52. The molecule has 0 aliphatic rings. The van der Waals surface area contributed by atoms with Crippen LogP contribution in [0.25, 0.3) is 0 Å². The molecule has 0 radical (unpaired) electrons. The summed E-state index contributed by atoms with van der Waals surface area (Å²) < 4.78 is 18.7. The maximum Gasteiger partial charge on any atom is 0.123 e. The Morgan fingerprint density at radius 1 is 1.04 bits per heavy atom. The van der Waals surface area contributed by atoms with Gasteiger partial charge >= 0.3 is 0 Å². The number of benzene rings is 2. The highest BCUT2D eigenvalue weighted by Crippen LogP contribution is 2.25. The fourth-order valence-corrected chi connectivity index (χ4v) is 2.35. The molecule has 23 heavy (non-hydrogen) atoms. The van der Waals surface area contributed by atoms with Gasteiger partial charge < -0.3 is 4.74 Å². The number of hydrogen-bond acceptors (Lipinski definition) is 2. The van der Waals surface area contributed by atoms with E-state index in [-0.39, 0.29) is 17.2 Å². The standard InChI is InChI=1S/C20H22FNO/c1-20(2,3)17-6-10-19(11-7-17)23-13-12-16(14-22)15-4-8-18(21)9-5-15/h4-11,16H,12-13H2,1-3H3. The van der Waals surface area contributed by atoms with Gasteiger partial charge in [-0.05, 0) is 40.8 Å². The van der Waals surface area contributed by atoms with Crippen LogP contribution in [0.4, 0.5) is 4.39 Å². The van der Waals surface area contributed by atoms with Crippen molar-refractivity contribution < 1.29 is 9.13 Å². The first-order chi connectivity index (χ1) is 10.9. The molecule has 0 aliphatic heterocycles. The van der Waals surface area contributed by atoms with Crippen LogP contribution in [0.15, 0.2) is 48.5 Å². The predicted octanol–water partition coefficient (Wildman–Crippen LogP) is 5.20. The molecule has 0 bridgehead atoms. The second kappa shape index (κ2) is 7.28. The normalized spacial score (nSPS) is 12.5. The Kier molecular flexibility index (Phi) is 5.39. The van der Waals surface area contributed by atoms with Crippen LogP contribution in [0.1, 0.15) is 44.2 Å². The lowest BCUT2D eigenvalue weighted by molar-refractivity contribution is 0.305. The molecule has 2 aromatic rings. The fraction of sp³-hybridized carbons (Fsp3) is 0.350. The minimum Gasteiger partial charge on any atom is -0.494 e. The van der Waals surface area contributed by atoms with Crippen LogP contribution < -0.4 is 4.74 Å². The maximum atomic E-state index is 12.9. The van der Waals surface area contributed by atoms with E-state index in [1.165, 1.54) is 17.7 Å². The summed E-state index contributed by atoms with van der Waals surface area (Å²) in [7, 11) is 0. The van der Waals surface area contributed by atoms with Gasteiger partial charge in [-0.3, -0.25) is 0 Å². The summed E-state index contributed by atoms with van der Waals surface area (Å²) in [5.41, 5.74) is 2.19. The van der Waals surface area contributed by atoms with E-state index in [9.17, 15) is 9.65 Å². The molecule has 2 rings (SSSR count). The quantitative estimate of drug-likeness (QED) is 0.760. The Balaban J connectivity index is 1.91. The van der Waals surface area contributed by atoms with Gasteiger partial charge in [0.1, 0.15) is 11.6 Å². The van der Waals surface area contributed by atoms with E-state index in [1.54, 1.807) is 12.1 Å². The lowest BCUT2D eigenvalue weighted by Crippen LogP contribution is -2.10. The number of halogens is 1. The Hall–Kier alpha value is -2.34. The largest absolute Gasteiger partial charge is 0.494 e. The molecule has 0 aromatic heterocycles. The summed E-state index contributed by atoms with van der Waals surface area (Å²) in [6, 6.07) is 16.4. The molecular weight excluding hydrogens is 289 g/mol. The number of hydrogen-bond donors (Lipinski definition) is 0. The SMILES string of the molecule is CC(C)(C)c1ccc(OCCC(C#N)c2ccc(F)cc2)cc1. The van der Waals surface area contributed by atoms with Gasteiger partial charge in [0.05, 0.1) is 18.6 Å². The van der Waals surface area contributed by atoms with Crippen molar-refractivity contribution in [3.05, 3.63) is 65.5 Å². The predicted molar refractivity (Wildman–Crippen MR) is 90.0 cm³/mol. The van der Waals surface area contributed by atoms with Crippen LogP contribution in [0.2, 0.25) is 0 Å². The van der Waals surface area contributed by atoms with Crippen molar-refractivity contribution in [3.63, 3.8) is 0 Å². The molecule has 2 nitrogen and oxygen atoms in total. The van der Waals surface area contributed by atoms with Gasteiger partial charge in [0.25, 0.3) is 0 Å². The highest BCUT2D eigenvalue weighted by Gasteiger charge is 2.14. The smallest absolute Gasteiger partial charge is 0.123 e. The lowest BCUT2D eigenvalue weighted by atomic mass is 9.87. The monoisotopic (exact) mass is 311 g/mol. The van der Waals surface area contributed by atoms with Crippen molar-refractivity contribution in [3.8, 4) is 11.8 Å². The molecule has 120 valence electrons. The van der Waals surface area contributed by atoms with Gasteiger partial charge in [0.2, 0.25) is 0 Å². The summed E-state index contributed by atoms with van der Waals surface area (Å²) in [6.45, 7) is 6.96. The van der Waals surface area contributed by atoms with E-state index in [2.05, 4.69) is 39.0 Å². The van der Waals surface area contributed by atoms with Gasteiger partial charge in [-0.25, -0.2) is 4.39 Å². The number of nitrogens with zero attached hydrogens (tertiary/aromatic N) is 1. The summed E-state index contributed by atoms with van der Waals surface area (Å²) in [4.78, 5) is 0. The zero-order chi connectivity index (χ0) is 16.9.